The smallest absolute Gasteiger partial charge is 0.132 e. The van der Waals surface area contributed by atoms with Crippen LogP contribution in [0.4, 0.5) is 0 Å². The highest BCUT2D eigenvalue weighted by Gasteiger charge is 2.31. The van der Waals surface area contributed by atoms with Gasteiger partial charge in [-0.05, 0) is 18.2 Å². The fraction of sp³-hybridized carbons (Fsp3) is 0.333. The van der Waals surface area contributed by atoms with Crippen molar-refractivity contribution >= 4 is 10.8 Å². The zero-order valence-corrected chi connectivity index (χ0v) is 9.65. The van der Waals surface area contributed by atoms with Crippen LogP contribution in [0.3, 0.4) is 0 Å². The molecule has 2 nitrogen and oxygen atoms in total. The number of benzene rings is 2. The molecule has 1 aliphatic carbocycles. The van der Waals surface area contributed by atoms with Gasteiger partial charge in [-0.15, -0.1) is 0 Å². The molecule has 1 unspecified atom stereocenters. The Morgan fingerprint density at radius 1 is 1.06 bits per heavy atom. The van der Waals surface area contributed by atoms with Crippen LogP contribution >= 0.6 is 0 Å². The molecule has 0 aromatic heterocycles. The maximum absolute atomic E-state index is 5.89. The van der Waals surface area contributed by atoms with Crippen molar-refractivity contribution in [1.82, 2.24) is 5.32 Å². The highest BCUT2D eigenvalue weighted by molar-refractivity contribution is 5.90. The minimum Gasteiger partial charge on any atom is -0.491 e. The lowest BCUT2D eigenvalue weighted by atomic mass is 10.0. The first-order valence-corrected chi connectivity index (χ1v) is 6.32. The van der Waals surface area contributed by atoms with Crippen molar-refractivity contribution in [3.8, 4) is 5.75 Å². The summed E-state index contributed by atoms with van der Waals surface area (Å²) in [5.41, 5.74) is 1.33. The van der Waals surface area contributed by atoms with Crippen molar-refractivity contribution in [2.45, 2.75) is 24.9 Å². The summed E-state index contributed by atoms with van der Waals surface area (Å²) >= 11 is 0. The van der Waals surface area contributed by atoms with Gasteiger partial charge in [-0.25, -0.2) is 0 Å². The molecule has 1 aliphatic heterocycles. The molecule has 2 aliphatic rings. The van der Waals surface area contributed by atoms with Gasteiger partial charge in [0, 0.05) is 17.0 Å². The molecule has 1 atom stereocenters. The minimum absolute atomic E-state index is 0.391. The summed E-state index contributed by atoms with van der Waals surface area (Å²) in [6.07, 6.45) is 2.64. The van der Waals surface area contributed by atoms with Gasteiger partial charge in [-0.1, -0.05) is 36.4 Å². The van der Waals surface area contributed by atoms with E-state index >= 15 is 0 Å². The molecule has 2 aromatic rings. The molecule has 0 spiro atoms. The van der Waals surface area contributed by atoms with Gasteiger partial charge in [0.25, 0.3) is 0 Å². The van der Waals surface area contributed by atoms with E-state index < -0.39 is 0 Å². The molecule has 4 rings (SSSR count). The highest BCUT2D eigenvalue weighted by Crippen LogP contribution is 2.39. The van der Waals surface area contributed by atoms with Crippen LogP contribution in [0.2, 0.25) is 0 Å². The van der Waals surface area contributed by atoms with Crippen LogP contribution in [0.25, 0.3) is 10.8 Å². The van der Waals surface area contributed by atoms with Gasteiger partial charge in [0.2, 0.25) is 0 Å². The van der Waals surface area contributed by atoms with Crippen LogP contribution in [-0.4, -0.2) is 12.6 Å². The Morgan fingerprint density at radius 2 is 1.94 bits per heavy atom. The topological polar surface area (TPSA) is 21.3 Å². The van der Waals surface area contributed by atoms with E-state index in [1.54, 1.807) is 0 Å². The normalized spacial score (nSPS) is 22.5. The maximum Gasteiger partial charge on any atom is 0.132 e. The largest absolute Gasteiger partial charge is 0.491 e. The van der Waals surface area contributed by atoms with Crippen LogP contribution in [-0.2, 0) is 0 Å². The third kappa shape index (κ3) is 1.52. The Morgan fingerprint density at radius 3 is 2.82 bits per heavy atom. The number of nitrogens with one attached hydrogen (secondary N) is 1. The number of ether oxygens (including phenoxy) is 1. The molecule has 0 radical (unpaired) electrons. The van der Waals surface area contributed by atoms with Gasteiger partial charge >= 0.3 is 0 Å². The molecule has 0 amide bonds. The minimum atomic E-state index is 0.391. The molecule has 2 heteroatoms. The predicted molar refractivity (Wildman–Crippen MR) is 68.3 cm³/mol. The molecular weight excluding hydrogens is 210 g/mol. The number of hydrogen-bond acceptors (Lipinski definition) is 2. The van der Waals surface area contributed by atoms with Gasteiger partial charge in [0.1, 0.15) is 12.4 Å². The van der Waals surface area contributed by atoms with Crippen molar-refractivity contribution in [1.29, 1.82) is 0 Å². The van der Waals surface area contributed by atoms with Crippen molar-refractivity contribution < 1.29 is 4.74 Å². The van der Waals surface area contributed by atoms with Gasteiger partial charge in [0.15, 0.2) is 0 Å². The van der Waals surface area contributed by atoms with Gasteiger partial charge in [0.05, 0.1) is 6.04 Å². The Bertz CT molecular complexity index is 574. The summed E-state index contributed by atoms with van der Waals surface area (Å²) in [6, 6.07) is 14.0. The van der Waals surface area contributed by atoms with Crippen LogP contribution < -0.4 is 10.1 Å². The first kappa shape index (κ1) is 9.49. The summed E-state index contributed by atoms with van der Waals surface area (Å²) in [5, 5.41) is 6.15. The average molecular weight is 225 g/mol. The van der Waals surface area contributed by atoms with E-state index in [0.29, 0.717) is 6.04 Å². The van der Waals surface area contributed by atoms with E-state index in [2.05, 4.69) is 41.7 Å². The van der Waals surface area contributed by atoms with Crippen molar-refractivity contribution in [2.75, 3.05) is 6.61 Å². The number of rotatable bonds is 2. The first-order chi connectivity index (χ1) is 8.42. The monoisotopic (exact) mass is 225 g/mol. The standard InChI is InChI=1S/C15H15NO/c1-2-4-12-10(3-1)5-8-13-14(9-17-15(12)13)16-11-6-7-11/h1-5,8,11,14,16H,6-7,9H2. The van der Waals surface area contributed by atoms with Gasteiger partial charge in [-0.3, -0.25) is 0 Å². The zero-order valence-electron chi connectivity index (χ0n) is 9.65. The Labute approximate surface area is 101 Å². The predicted octanol–water partition coefficient (Wildman–Crippen LogP) is 3.03. The molecule has 0 saturated heterocycles. The summed E-state index contributed by atoms with van der Waals surface area (Å²) in [6.45, 7) is 0.778. The Balaban J connectivity index is 1.81. The second kappa shape index (κ2) is 3.47. The van der Waals surface area contributed by atoms with Crippen molar-refractivity contribution in [2.24, 2.45) is 0 Å². The van der Waals surface area contributed by atoms with E-state index in [4.69, 9.17) is 4.74 Å². The molecule has 86 valence electrons. The maximum atomic E-state index is 5.89. The SMILES string of the molecule is c1ccc2c3c(ccc2c1)C(NC1CC1)CO3. The third-order valence-electron chi connectivity index (χ3n) is 3.69. The van der Waals surface area contributed by atoms with Crippen molar-refractivity contribution in [3.05, 3.63) is 42.0 Å². The number of hydrogen-bond donors (Lipinski definition) is 1. The Kier molecular flexibility index (Phi) is 1.94. The molecular formula is C15H15NO. The lowest BCUT2D eigenvalue weighted by Gasteiger charge is -2.10. The quantitative estimate of drug-likeness (QED) is 0.848. The lowest BCUT2D eigenvalue weighted by Crippen LogP contribution is -2.24. The average Bonchev–Trinajstić information content (AvgIpc) is 3.09. The van der Waals surface area contributed by atoms with Gasteiger partial charge < -0.3 is 10.1 Å². The van der Waals surface area contributed by atoms with Gasteiger partial charge in [-0.2, -0.15) is 0 Å². The fourth-order valence-electron chi connectivity index (χ4n) is 2.62. The number of fused-ring (bicyclic) bond motifs is 3. The second-order valence-electron chi connectivity index (χ2n) is 5.01. The molecule has 1 heterocycles. The summed E-state index contributed by atoms with van der Waals surface area (Å²) in [5.74, 6) is 1.08. The third-order valence-corrected chi connectivity index (χ3v) is 3.69. The van der Waals surface area contributed by atoms with Crippen LogP contribution in [0.15, 0.2) is 36.4 Å². The van der Waals surface area contributed by atoms with Crippen LogP contribution in [0.5, 0.6) is 5.75 Å². The van der Waals surface area contributed by atoms with E-state index in [0.717, 1.165) is 18.4 Å². The van der Waals surface area contributed by atoms with Crippen LogP contribution in [0.1, 0.15) is 24.4 Å². The first-order valence-electron chi connectivity index (χ1n) is 6.32. The molecule has 1 saturated carbocycles. The molecule has 1 N–H and O–H groups in total. The fourth-order valence-corrected chi connectivity index (χ4v) is 2.62. The van der Waals surface area contributed by atoms with Crippen molar-refractivity contribution in [3.63, 3.8) is 0 Å². The summed E-state index contributed by atoms with van der Waals surface area (Å²) in [4.78, 5) is 0. The molecule has 17 heavy (non-hydrogen) atoms. The summed E-state index contributed by atoms with van der Waals surface area (Å²) < 4.78 is 5.89. The van der Waals surface area contributed by atoms with Crippen LogP contribution in [0, 0.1) is 0 Å². The van der Waals surface area contributed by atoms with E-state index in [1.165, 1.54) is 29.2 Å². The van der Waals surface area contributed by atoms with E-state index in [-0.39, 0.29) is 0 Å². The molecule has 1 fully saturated rings. The summed E-state index contributed by atoms with van der Waals surface area (Å²) in [7, 11) is 0. The van der Waals surface area contributed by atoms with E-state index in [9.17, 15) is 0 Å². The van der Waals surface area contributed by atoms with E-state index in [1.807, 2.05) is 0 Å². The molecule has 2 aromatic carbocycles. The second-order valence-corrected chi connectivity index (χ2v) is 5.01. The highest BCUT2D eigenvalue weighted by atomic mass is 16.5. The zero-order chi connectivity index (χ0) is 11.2. The Hall–Kier alpha value is -1.54. The molecule has 0 bridgehead atoms. The lowest BCUT2D eigenvalue weighted by molar-refractivity contribution is 0.312.